The summed E-state index contributed by atoms with van der Waals surface area (Å²) in [7, 11) is 0. The van der Waals surface area contributed by atoms with Gasteiger partial charge in [-0.25, -0.2) is 4.39 Å². The molecule has 1 amide bonds. The highest BCUT2D eigenvalue weighted by atomic mass is 19.1. The number of hydrogen-bond donors (Lipinski definition) is 1. The normalized spacial score (nSPS) is 17.2. The standard InChI is InChI=1S/C17H24FNO/c18-16-11-7-6-8-14(16)12-13-17(20)19-15-9-4-2-1-3-5-10-15/h6-8,11,15H,1-5,9-10,12-13H2,(H,19,20). The Kier molecular flexibility index (Phi) is 6.03. The van der Waals surface area contributed by atoms with Crippen molar-refractivity contribution in [3.8, 4) is 0 Å². The summed E-state index contributed by atoms with van der Waals surface area (Å²) < 4.78 is 13.5. The van der Waals surface area contributed by atoms with E-state index in [0.29, 0.717) is 24.4 Å². The first-order valence-electron chi connectivity index (χ1n) is 7.78. The molecular formula is C17H24FNO. The van der Waals surface area contributed by atoms with E-state index in [-0.39, 0.29) is 11.7 Å². The van der Waals surface area contributed by atoms with Crippen LogP contribution in [0.15, 0.2) is 24.3 Å². The Morgan fingerprint density at radius 3 is 2.45 bits per heavy atom. The number of amides is 1. The van der Waals surface area contributed by atoms with Crippen LogP contribution in [-0.4, -0.2) is 11.9 Å². The summed E-state index contributed by atoms with van der Waals surface area (Å²) in [5, 5.41) is 3.11. The first-order valence-corrected chi connectivity index (χ1v) is 7.78. The summed E-state index contributed by atoms with van der Waals surface area (Å²) in [6, 6.07) is 7.00. The molecule has 1 aromatic rings. The molecule has 1 fully saturated rings. The van der Waals surface area contributed by atoms with Gasteiger partial charge in [-0.15, -0.1) is 0 Å². The second kappa shape index (κ2) is 8.03. The average molecular weight is 277 g/mol. The molecule has 20 heavy (non-hydrogen) atoms. The van der Waals surface area contributed by atoms with Crippen LogP contribution in [0.4, 0.5) is 4.39 Å². The molecule has 0 spiro atoms. The zero-order chi connectivity index (χ0) is 14.2. The van der Waals surface area contributed by atoms with Gasteiger partial charge in [-0.3, -0.25) is 4.79 Å². The fourth-order valence-corrected chi connectivity index (χ4v) is 2.85. The van der Waals surface area contributed by atoms with Gasteiger partial charge in [0.05, 0.1) is 0 Å². The summed E-state index contributed by atoms with van der Waals surface area (Å²) >= 11 is 0. The Bertz CT molecular complexity index is 425. The molecule has 0 radical (unpaired) electrons. The number of carbonyl (C=O) groups is 1. The molecule has 0 aliphatic heterocycles. The number of benzene rings is 1. The maximum absolute atomic E-state index is 13.5. The highest BCUT2D eigenvalue weighted by Crippen LogP contribution is 2.17. The zero-order valence-electron chi connectivity index (χ0n) is 12.0. The van der Waals surface area contributed by atoms with E-state index < -0.39 is 0 Å². The Morgan fingerprint density at radius 2 is 1.75 bits per heavy atom. The van der Waals surface area contributed by atoms with Crippen molar-refractivity contribution in [2.45, 2.75) is 63.8 Å². The number of aryl methyl sites for hydroxylation is 1. The molecule has 0 aromatic heterocycles. The Hall–Kier alpha value is -1.38. The van der Waals surface area contributed by atoms with Gasteiger partial charge in [-0.2, -0.15) is 0 Å². The van der Waals surface area contributed by atoms with Crippen LogP contribution in [0.25, 0.3) is 0 Å². The molecular weight excluding hydrogens is 253 g/mol. The minimum Gasteiger partial charge on any atom is -0.353 e. The lowest BCUT2D eigenvalue weighted by atomic mass is 9.96. The summed E-state index contributed by atoms with van der Waals surface area (Å²) in [5.74, 6) is -0.162. The van der Waals surface area contributed by atoms with E-state index in [1.54, 1.807) is 12.1 Å². The number of nitrogens with one attached hydrogen (secondary N) is 1. The summed E-state index contributed by atoms with van der Waals surface area (Å²) in [4.78, 5) is 12.0. The first-order chi connectivity index (χ1) is 9.75. The van der Waals surface area contributed by atoms with Crippen LogP contribution in [-0.2, 0) is 11.2 Å². The van der Waals surface area contributed by atoms with E-state index >= 15 is 0 Å². The maximum atomic E-state index is 13.5. The molecule has 1 saturated carbocycles. The summed E-state index contributed by atoms with van der Waals surface area (Å²) in [6.45, 7) is 0. The van der Waals surface area contributed by atoms with E-state index in [4.69, 9.17) is 0 Å². The minimum absolute atomic E-state index is 0.0545. The lowest BCUT2D eigenvalue weighted by molar-refractivity contribution is -0.121. The predicted octanol–water partition coefficient (Wildman–Crippen LogP) is 3.99. The second-order valence-electron chi connectivity index (χ2n) is 5.70. The zero-order valence-corrected chi connectivity index (χ0v) is 12.0. The van der Waals surface area contributed by atoms with Crippen molar-refractivity contribution >= 4 is 5.91 Å². The smallest absolute Gasteiger partial charge is 0.220 e. The molecule has 1 N–H and O–H groups in total. The van der Waals surface area contributed by atoms with Crippen LogP contribution < -0.4 is 5.32 Å². The largest absolute Gasteiger partial charge is 0.353 e. The van der Waals surface area contributed by atoms with Crippen molar-refractivity contribution in [2.24, 2.45) is 0 Å². The first kappa shape index (κ1) is 15.0. The van der Waals surface area contributed by atoms with E-state index in [2.05, 4.69) is 5.32 Å². The van der Waals surface area contributed by atoms with Crippen LogP contribution in [0.5, 0.6) is 0 Å². The van der Waals surface area contributed by atoms with Crippen LogP contribution in [0.3, 0.4) is 0 Å². The Morgan fingerprint density at radius 1 is 1.10 bits per heavy atom. The van der Waals surface area contributed by atoms with Gasteiger partial charge in [-0.05, 0) is 30.9 Å². The molecule has 3 heteroatoms. The molecule has 0 heterocycles. The van der Waals surface area contributed by atoms with E-state index in [0.717, 1.165) is 12.8 Å². The molecule has 0 saturated heterocycles. The van der Waals surface area contributed by atoms with Crippen molar-refractivity contribution in [3.05, 3.63) is 35.6 Å². The molecule has 2 nitrogen and oxygen atoms in total. The molecule has 0 bridgehead atoms. The van der Waals surface area contributed by atoms with E-state index in [1.165, 1.54) is 38.2 Å². The number of hydrogen-bond acceptors (Lipinski definition) is 1. The Labute approximate surface area is 120 Å². The highest BCUT2D eigenvalue weighted by Gasteiger charge is 2.14. The van der Waals surface area contributed by atoms with Gasteiger partial charge in [0.2, 0.25) is 5.91 Å². The molecule has 1 aliphatic rings. The van der Waals surface area contributed by atoms with Gasteiger partial charge in [0.1, 0.15) is 5.82 Å². The molecule has 0 unspecified atom stereocenters. The molecule has 110 valence electrons. The van der Waals surface area contributed by atoms with Gasteiger partial charge >= 0.3 is 0 Å². The van der Waals surface area contributed by atoms with Crippen molar-refractivity contribution in [2.75, 3.05) is 0 Å². The monoisotopic (exact) mass is 277 g/mol. The Balaban J connectivity index is 1.75. The average Bonchev–Trinajstić information content (AvgIpc) is 2.41. The van der Waals surface area contributed by atoms with Crippen molar-refractivity contribution in [3.63, 3.8) is 0 Å². The predicted molar refractivity (Wildman–Crippen MR) is 79.0 cm³/mol. The van der Waals surface area contributed by atoms with Gasteiger partial charge < -0.3 is 5.32 Å². The summed E-state index contributed by atoms with van der Waals surface area (Å²) in [6.07, 6.45) is 9.33. The number of carbonyl (C=O) groups excluding carboxylic acids is 1. The number of halogens is 1. The molecule has 0 atom stereocenters. The van der Waals surface area contributed by atoms with E-state index in [9.17, 15) is 9.18 Å². The minimum atomic E-state index is -0.216. The third kappa shape index (κ3) is 4.95. The SMILES string of the molecule is O=C(CCc1ccccc1F)NC1CCCCCCC1. The van der Waals surface area contributed by atoms with Crippen molar-refractivity contribution in [1.82, 2.24) is 5.32 Å². The third-order valence-electron chi connectivity index (χ3n) is 4.05. The van der Waals surface area contributed by atoms with Gasteiger partial charge in [0.15, 0.2) is 0 Å². The fraction of sp³-hybridized carbons (Fsp3) is 0.588. The highest BCUT2D eigenvalue weighted by molar-refractivity contribution is 5.76. The topological polar surface area (TPSA) is 29.1 Å². The molecule has 2 rings (SSSR count). The second-order valence-corrected chi connectivity index (χ2v) is 5.70. The maximum Gasteiger partial charge on any atom is 0.220 e. The quantitative estimate of drug-likeness (QED) is 0.886. The fourth-order valence-electron chi connectivity index (χ4n) is 2.85. The van der Waals surface area contributed by atoms with Gasteiger partial charge in [0.25, 0.3) is 0 Å². The van der Waals surface area contributed by atoms with Gasteiger partial charge in [-0.1, -0.05) is 50.3 Å². The van der Waals surface area contributed by atoms with Crippen molar-refractivity contribution < 1.29 is 9.18 Å². The van der Waals surface area contributed by atoms with Crippen LogP contribution in [0, 0.1) is 5.82 Å². The molecule has 1 aliphatic carbocycles. The molecule has 1 aromatic carbocycles. The third-order valence-corrected chi connectivity index (χ3v) is 4.05. The van der Waals surface area contributed by atoms with Crippen LogP contribution in [0.2, 0.25) is 0 Å². The van der Waals surface area contributed by atoms with Gasteiger partial charge in [0, 0.05) is 12.5 Å². The number of rotatable bonds is 4. The lowest BCUT2D eigenvalue weighted by Gasteiger charge is -2.21. The van der Waals surface area contributed by atoms with E-state index in [1.807, 2.05) is 6.07 Å². The van der Waals surface area contributed by atoms with Crippen LogP contribution in [0.1, 0.15) is 56.9 Å². The van der Waals surface area contributed by atoms with Crippen molar-refractivity contribution in [1.29, 1.82) is 0 Å². The summed E-state index contributed by atoms with van der Waals surface area (Å²) in [5.41, 5.74) is 0.625. The van der Waals surface area contributed by atoms with Crippen LogP contribution >= 0.6 is 0 Å². The lowest BCUT2D eigenvalue weighted by Crippen LogP contribution is -2.35.